The van der Waals surface area contributed by atoms with Crippen molar-refractivity contribution in [2.45, 2.75) is 13.5 Å². The van der Waals surface area contributed by atoms with Gasteiger partial charge in [0.2, 0.25) is 0 Å². The molecule has 0 saturated heterocycles. The van der Waals surface area contributed by atoms with Crippen molar-refractivity contribution >= 4 is 40.2 Å². The molecule has 0 aliphatic heterocycles. The molecule has 0 fully saturated rings. The van der Waals surface area contributed by atoms with Crippen LogP contribution in [0.3, 0.4) is 0 Å². The lowest BCUT2D eigenvalue weighted by atomic mass is 10.1. The molecule has 0 radical (unpaired) electrons. The van der Waals surface area contributed by atoms with Crippen molar-refractivity contribution in [2.75, 3.05) is 10.6 Å². The molecule has 0 aliphatic rings. The molecule has 5 nitrogen and oxygen atoms in total. The van der Waals surface area contributed by atoms with Gasteiger partial charge in [0.05, 0.1) is 12.8 Å². The summed E-state index contributed by atoms with van der Waals surface area (Å²) in [6, 6.07) is 8.98. The van der Waals surface area contributed by atoms with Gasteiger partial charge in [0.15, 0.2) is 10.2 Å². The summed E-state index contributed by atoms with van der Waals surface area (Å²) < 4.78 is 5.61. The van der Waals surface area contributed by atoms with Crippen molar-refractivity contribution in [3.05, 3.63) is 63.5 Å². The van der Waals surface area contributed by atoms with E-state index in [0.29, 0.717) is 16.7 Å². The number of aryl methyl sites for hydroxylation is 1. The number of furan rings is 1. The van der Waals surface area contributed by atoms with Gasteiger partial charge in [-0.2, -0.15) is 0 Å². The number of hydrogen-bond donors (Lipinski definition) is 2. The maximum atomic E-state index is 12.0. The molecule has 0 saturated carbocycles. The van der Waals surface area contributed by atoms with Crippen molar-refractivity contribution in [3.8, 4) is 0 Å². The molecule has 1 amide bonds. The summed E-state index contributed by atoms with van der Waals surface area (Å²) in [5, 5.41) is 6.14. The second-order valence-corrected chi connectivity index (χ2v) is 6.59. The van der Waals surface area contributed by atoms with Gasteiger partial charge in [0.25, 0.3) is 5.91 Å². The summed E-state index contributed by atoms with van der Waals surface area (Å²) >= 11 is 7.26. The molecule has 2 heterocycles. The average Bonchev–Trinajstić information content (AvgIpc) is 3.19. The maximum absolute atomic E-state index is 12.0. The largest absolute Gasteiger partial charge is 0.459 e. The van der Waals surface area contributed by atoms with E-state index in [-0.39, 0.29) is 11.7 Å². The number of benzene rings is 1. The van der Waals surface area contributed by atoms with Crippen molar-refractivity contribution in [1.29, 1.82) is 0 Å². The summed E-state index contributed by atoms with van der Waals surface area (Å²) in [7, 11) is 0. The fraction of sp³-hybridized carbons (Fsp3) is 0.125. The number of anilines is 2. The second-order valence-electron chi connectivity index (χ2n) is 4.89. The Labute approximate surface area is 142 Å². The second kappa shape index (κ2) is 6.85. The summed E-state index contributed by atoms with van der Waals surface area (Å²) in [4.78, 5) is 17.1. The van der Waals surface area contributed by atoms with Crippen LogP contribution in [0.4, 0.5) is 11.4 Å². The summed E-state index contributed by atoms with van der Waals surface area (Å²) in [5.74, 6) is -0.00146. The van der Waals surface area contributed by atoms with Gasteiger partial charge in [-0.1, -0.05) is 17.7 Å². The molecular weight excluding hydrogens is 334 g/mol. The third-order valence-electron chi connectivity index (χ3n) is 3.22. The number of carbonyl (C=O) groups is 1. The molecule has 2 aromatic heterocycles. The van der Waals surface area contributed by atoms with Crippen LogP contribution in [0.15, 0.2) is 47.2 Å². The minimum absolute atomic E-state index is 0.277. The lowest BCUT2D eigenvalue weighted by Crippen LogP contribution is -2.11. The number of carbonyl (C=O) groups excluding carboxylic acids is 1. The summed E-state index contributed by atoms with van der Waals surface area (Å²) in [5.41, 5.74) is 2.71. The third-order valence-corrected chi connectivity index (χ3v) is 4.33. The predicted molar refractivity (Wildman–Crippen MR) is 92.3 cm³/mol. The number of hydrogen-bond acceptors (Lipinski definition) is 5. The fourth-order valence-electron chi connectivity index (χ4n) is 2.04. The van der Waals surface area contributed by atoms with E-state index in [9.17, 15) is 4.79 Å². The third kappa shape index (κ3) is 3.91. The van der Waals surface area contributed by atoms with Crippen LogP contribution in [0, 0.1) is 6.92 Å². The van der Waals surface area contributed by atoms with E-state index in [1.54, 1.807) is 18.3 Å². The van der Waals surface area contributed by atoms with Gasteiger partial charge >= 0.3 is 0 Å². The lowest BCUT2D eigenvalue weighted by molar-refractivity contribution is 0.0996. The van der Waals surface area contributed by atoms with Gasteiger partial charge in [-0.25, -0.2) is 4.98 Å². The standard InChI is InChI=1S/C16H14ClN3O2S/c1-10-4-5-11(20-15(21)14-3-2-6-22-14)7-13(10)18-8-12-9-19-16(17)23-12/h2-7,9,18H,8H2,1H3,(H,20,21). The lowest BCUT2D eigenvalue weighted by Gasteiger charge is -2.11. The van der Waals surface area contributed by atoms with Crippen LogP contribution in [0.5, 0.6) is 0 Å². The van der Waals surface area contributed by atoms with Gasteiger partial charge in [-0.3, -0.25) is 4.79 Å². The van der Waals surface area contributed by atoms with Crippen LogP contribution < -0.4 is 10.6 Å². The van der Waals surface area contributed by atoms with Crippen molar-refractivity contribution < 1.29 is 9.21 Å². The SMILES string of the molecule is Cc1ccc(NC(=O)c2ccco2)cc1NCc1cnc(Cl)s1. The first kappa shape index (κ1) is 15.6. The normalized spacial score (nSPS) is 10.5. The molecule has 3 rings (SSSR count). The van der Waals surface area contributed by atoms with Crippen LogP contribution in [0.25, 0.3) is 0 Å². The fourth-order valence-corrected chi connectivity index (χ4v) is 2.96. The molecule has 1 aromatic carbocycles. The molecule has 0 bridgehead atoms. The highest BCUT2D eigenvalue weighted by atomic mass is 35.5. The Bertz CT molecular complexity index is 815. The van der Waals surface area contributed by atoms with Crippen molar-refractivity contribution in [3.63, 3.8) is 0 Å². The number of amides is 1. The van der Waals surface area contributed by atoms with Crippen LogP contribution in [-0.4, -0.2) is 10.9 Å². The highest BCUT2D eigenvalue weighted by Crippen LogP contribution is 2.23. The zero-order valence-electron chi connectivity index (χ0n) is 12.3. The van der Waals surface area contributed by atoms with Crippen LogP contribution in [-0.2, 0) is 6.54 Å². The Morgan fingerprint density at radius 3 is 2.96 bits per heavy atom. The van der Waals surface area contributed by atoms with Crippen LogP contribution >= 0.6 is 22.9 Å². The van der Waals surface area contributed by atoms with E-state index < -0.39 is 0 Å². The van der Waals surface area contributed by atoms with E-state index in [0.717, 1.165) is 16.1 Å². The van der Waals surface area contributed by atoms with Gasteiger partial charge in [-0.15, -0.1) is 11.3 Å². The quantitative estimate of drug-likeness (QED) is 0.709. The maximum Gasteiger partial charge on any atom is 0.291 e. The van der Waals surface area contributed by atoms with Gasteiger partial charge in [-0.05, 0) is 36.8 Å². The first-order valence-electron chi connectivity index (χ1n) is 6.91. The number of halogens is 1. The monoisotopic (exact) mass is 347 g/mol. The summed E-state index contributed by atoms with van der Waals surface area (Å²) in [6.45, 7) is 2.63. The first-order chi connectivity index (χ1) is 11.1. The van der Waals surface area contributed by atoms with Gasteiger partial charge < -0.3 is 15.1 Å². The highest BCUT2D eigenvalue weighted by Gasteiger charge is 2.10. The summed E-state index contributed by atoms with van der Waals surface area (Å²) in [6.07, 6.45) is 3.22. The minimum atomic E-state index is -0.279. The molecule has 0 atom stereocenters. The van der Waals surface area contributed by atoms with Gasteiger partial charge in [0, 0.05) is 22.4 Å². The molecule has 23 heavy (non-hydrogen) atoms. The molecule has 3 aromatic rings. The number of nitrogens with zero attached hydrogens (tertiary/aromatic N) is 1. The minimum Gasteiger partial charge on any atom is -0.459 e. The molecule has 0 spiro atoms. The van der Waals surface area contributed by atoms with Crippen molar-refractivity contribution in [1.82, 2.24) is 4.98 Å². The van der Waals surface area contributed by atoms with E-state index in [1.165, 1.54) is 17.6 Å². The Morgan fingerprint density at radius 2 is 2.26 bits per heavy atom. The zero-order chi connectivity index (χ0) is 16.2. The number of rotatable bonds is 5. The molecule has 0 aliphatic carbocycles. The van der Waals surface area contributed by atoms with E-state index in [4.69, 9.17) is 16.0 Å². The van der Waals surface area contributed by atoms with Crippen LogP contribution in [0.1, 0.15) is 21.0 Å². The van der Waals surface area contributed by atoms with Crippen LogP contribution in [0.2, 0.25) is 4.47 Å². The predicted octanol–water partition coefficient (Wildman–Crippen LogP) is 4.56. The highest BCUT2D eigenvalue weighted by molar-refractivity contribution is 7.15. The Kier molecular flexibility index (Phi) is 4.64. The molecule has 2 N–H and O–H groups in total. The molecule has 118 valence electrons. The number of thiazole rings is 1. The Morgan fingerprint density at radius 1 is 1.39 bits per heavy atom. The number of aromatic nitrogens is 1. The topological polar surface area (TPSA) is 67.2 Å². The Balaban J connectivity index is 1.70. The first-order valence-corrected chi connectivity index (χ1v) is 8.11. The average molecular weight is 348 g/mol. The van der Waals surface area contributed by atoms with E-state index in [2.05, 4.69) is 15.6 Å². The van der Waals surface area contributed by atoms with Crippen molar-refractivity contribution in [2.24, 2.45) is 0 Å². The van der Waals surface area contributed by atoms with E-state index in [1.807, 2.05) is 25.1 Å². The smallest absolute Gasteiger partial charge is 0.291 e. The molecule has 0 unspecified atom stereocenters. The molecule has 7 heteroatoms. The number of nitrogens with one attached hydrogen (secondary N) is 2. The van der Waals surface area contributed by atoms with E-state index >= 15 is 0 Å². The Hall–Kier alpha value is -2.31. The van der Waals surface area contributed by atoms with Gasteiger partial charge in [0.1, 0.15) is 0 Å². The molecular formula is C16H14ClN3O2S. The zero-order valence-corrected chi connectivity index (χ0v) is 13.9.